The van der Waals surface area contributed by atoms with Crippen molar-refractivity contribution in [1.29, 1.82) is 0 Å². The van der Waals surface area contributed by atoms with Crippen molar-refractivity contribution in [1.82, 2.24) is 10.2 Å². The molecule has 18 heavy (non-hydrogen) atoms. The molecule has 0 unspecified atom stereocenters. The van der Waals surface area contributed by atoms with Gasteiger partial charge in [0.25, 0.3) is 5.91 Å². The second kappa shape index (κ2) is 6.17. The zero-order valence-electron chi connectivity index (χ0n) is 10.8. The maximum absolute atomic E-state index is 12.0. The van der Waals surface area contributed by atoms with Crippen molar-refractivity contribution < 1.29 is 4.79 Å². The van der Waals surface area contributed by atoms with E-state index in [-0.39, 0.29) is 5.91 Å². The first kappa shape index (κ1) is 14.0. The zero-order valence-corrected chi connectivity index (χ0v) is 13.2. The van der Waals surface area contributed by atoms with Crippen LogP contribution in [0.15, 0.2) is 15.2 Å². The number of carbonyl (C=O) groups excluding carboxylic acids is 1. The summed E-state index contributed by atoms with van der Waals surface area (Å²) in [6.07, 6.45) is 2.10. The Kier molecular flexibility index (Phi) is 4.81. The number of thiophene rings is 1. The van der Waals surface area contributed by atoms with E-state index in [4.69, 9.17) is 0 Å². The second-order valence-electron chi connectivity index (χ2n) is 5.02. The molecule has 0 aromatic carbocycles. The molecule has 0 saturated carbocycles. The zero-order chi connectivity index (χ0) is 13.1. The van der Waals surface area contributed by atoms with E-state index in [9.17, 15) is 4.79 Å². The Labute approximate surface area is 121 Å². The number of piperidine rings is 1. The lowest BCUT2D eigenvalue weighted by Gasteiger charge is -2.34. The molecule has 1 amide bonds. The van der Waals surface area contributed by atoms with Gasteiger partial charge in [-0.1, -0.05) is 0 Å². The fourth-order valence-electron chi connectivity index (χ4n) is 2.26. The number of carbonyl (C=O) groups is 1. The molecule has 0 atom stereocenters. The number of amides is 1. The summed E-state index contributed by atoms with van der Waals surface area (Å²) < 4.78 is 1.00. The molecule has 1 aliphatic rings. The molecule has 1 saturated heterocycles. The molecule has 2 heterocycles. The summed E-state index contributed by atoms with van der Waals surface area (Å²) >= 11 is 4.93. The number of hydrogen-bond acceptors (Lipinski definition) is 3. The Morgan fingerprint density at radius 3 is 2.67 bits per heavy atom. The van der Waals surface area contributed by atoms with Crippen molar-refractivity contribution in [2.24, 2.45) is 0 Å². The summed E-state index contributed by atoms with van der Waals surface area (Å²) in [4.78, 5) is 14.5. The van der Waals surface area contributed by atoms with Gasteiger partial charge in [0, 0.05) is 30.6 Å². The molecule has 0 spiro atoms. The molecular formula is C13H19BrN2OS. The van der Waals surface area contributed by atoms with E-state index in [0.717, 1.165) is 35.3 Å². The van der Waals surface area contributed by atoms with E-state index >= 15 is 0 Å². The van der Waals surface area contributed by atoms with E-state index in [2.05, 4.69) is 40.0 Å². The van der Waals surface area contributed by atoms with Gasteiger partial charge in [-0.3, -0.25) is 4.79 Å². The molecule has 1 aliphatic heterocycles. The third-order valence-corrected chi connectivity index (χ3v) is 4.93. The van der Waals surface area contributed by atoms with Crippen LogP contribution in [0, 0.1) is 0 Å². The lowest BCUT2D eigenvalue weighted by molar-refractivity contribution is 0.0901. The van der Waals surface area contributed by atoms with Gasteiger partial charge < -0.3 is 10.2 Å². The van der Waals surface area contributed by atoms with Gasteiger partial charge >= 0.3 is 0 Å². The molecule has 2 rings (SSSR count). The molecule has 100 valence electrons. The van der Waals surface area contributed by atoms with Crippen LogP contribution >= 0.6 is 27.3 Å². The molecule has 0 aliphatic carbocycles. The SMILES string of the molecule is CC(C)N1CCC(NC(=O)c2csc(Br)c2)CC1. The van der Waals surface area contributed by atoms with Crippen LogP contribution in [-0.2, 0) is 0 Å². The third kappa shape index (κ3) is 3.56. The fourth-order valence-corrected chi connectivity index (χ4v) is 3.39. The largest absolute Gasteiger partial charge is 0.349 e. The van der Waals surface area contributed by atoms with E-state index < -0.39 is 0 Å². The van der Waals surface area contributed by atoms with Crippen LogP contribution in [0.1, 0.15) is 37.0 Å². The number of halogens is 1. The highest BCUT2D eigenvalue weighted by atomic mass is 79.9. The molecule has 1 N–H and O–H groups in total. The van der Waals surface area contributed by atoms with Crippen LogP contribution in [0.25, 0.3) is 0 Å². The average Bonchev–Trinajstić information content (AvgIpc) is 2.76. The van der Waals surface area contributed by atoms with Crippen molar-refractivity contribution >= 4 is 33.2 Å². The number of nitrogens with zero attached hydrogens (tertiary/aromatic N) is 1. The topological polar surface area (TPSA) is 32.3 Å². The van der Waals surface area contributed by atoms with Crippen LogP contribution in [0.2, 0.25) is 0 Å². The van der Waals surface area contributed by atoms with E-state index in [0.29, 0.717) is 12.1 Å². The Balaban J connectivity index is 1.83. The van der Waals surface area contributed by atoms with Crippen LogP contribution < -0.4 is 5.32 Å². The first-order chi connectivity index (χ1) is 8.56. The van der Waals surface area contributed by atoms with Gasteiger partial charge in [-0.2, -0.15) is 0 Å². The standard InChI is InChI=1S/C13H19BrN2OS/c1-9(2)16-5-3-11(4-6-16)15-13(17)10-7-12(14)18-8-10/h7-9,11H,3-6H2,1-2H3,(H,15,17). The minimum atomic E-state index is 0.0555. The Morgan fingerprint density at radius 1 is 1.50 bits per heavy atom. The monoisotopic (exact) mass is 330 g/mol. The summed E-state index contributed by atoms with van der Waals surface area (Å²) in [6, 6.07) is 2.81. The fraction of sp³-hybridized carbons (Fsp3) is 0.615. The maximum atomic E-state index is 12.0. The van der Waals surface area contributed by atoms with Gasteiger partial charge in [0.15, 0.2) is 0 Å². The Bertz CT molecular complexity index is 411. The Hall–Kier alpha value is -0.390. The maximum Gasteiger partial charge on any atom is 0.252 e. The summed E-state index contributed by atoms with van der Waals surface area (Å²) in [7, 11) is 0. The average molecular weight is 331 g/mol. The summed E-state index contributed by atoms with van der Waals surface area (Å²) in [5, 5.41) is 5.02. The first-order valence-corrected chi connectivity index (χ1v) is 8.02. The highest BCUT2D eigenvalue weighted by molar-refractivity contribution is 9.11. The molecule has 0 bridgehead atoms. The predicted octanol–water partition coefficient (Wildman–Crippen LogP) is 3.11. The molecule has 1 aromatic rings. The summed E-state index contributed by atoms with van der Waals surface area (Å²) in [6.45, 7) is 6.61. The van der Waals surface area contributed by atoms with Crippen LogP contribution in [-0.4, -0.2) is 36.0 Å². The molecule has 1 fully saturated rings. The van der Waals surface area contributed by atoms with Crippen molar-refractivity contribution in [2.45, 2.75) is 38.8 Å². The van der Waals surface area contributed by atoms with Crippen molar-refractivity contribution in [3.8, 4) is 0 Å². The van der Waals surface area contributed by atoms with Crippen LogP contribution in [0.4, 0.5) is 0 Å². The van der Waals surface area contributed by atoms with Gasteiger partial charge in [0.2, 0.25) is 0 Å². The number of hydrogen-bond donors (Lipinski definition) is 1. The van der Waals surface area contributed by atoms with E-state index in [1.165, 1.54) is 0 Å². The van der Waals surface area contributed by atoms with E-state index in [1.54, 1.807) is 11.3 Å². The second-order valence-corrected chi connectivity index (χ2v) is 7.31. The lowest BCUT2D eigenvalue weighted by atomic mass is 10.0. The highest BCUT2D eigenvalue weighted by Gasteiger charge is 2.22. The molecule has 1 aromatic heterocycles. The third-order valence-electron chi connectivity index (χ3n) is 3.42. The summed E-state index contributed by atoms with van der Waals surface area (Å²) in [5.74, 6) is 0.0555. The van der Waals surface area contributed by atoms with Crippen molar-refractivity contribution in [3.05, 3.63) is 20.8 Å². The lowest BCUT2D eigenvalue weighted by Crippen LogP contribution is -2.46. The highest BCUT2D eigenvalue weighted by Crippen LogP contribution is 2.21. The Morgan fingerprint density at radius 2 is 2.17 bits per heavy atom. The van der Waals surface area contributed by atoms with Gasteiger partial charge in [0.1, 0.15) is 0 Å². The van der Waals surface area contributed by atoms with Crippen molar-refractivity contribution in [2.75, 3.05) is 13.1 Å². The summed E-state index contributed by atoms with van der Waals surface area (Å²) in [5.41, 5.74) is 0.762. The van der Waals surface area contributed by atoms with Crippen LogP contribution in [0.5, 0.6) is 0 Å². The normalized spacial score (nSPS) is 18.2. The molecular weight excluding hydrogens is 312 g/mol. The minimum Gasteiger partial charge on any atom is -0.349 e. The number of nitrogens with one attached hydrogen (secondary N) is 1. The minimum absolute atomic E-state index is 0.0555. The van der Waals surface area contributed by atoms with Crippen LogP contribution in [0.3, 0.4) is 0 Å². The van der Waals surface area contributed by atoms with Crippen molar-refractivity contribution in [3.63, 3.8) is 0 Å². The quantitative estimate of drug-likeness (QED) is 0.923. The van der Waals surface area contributed by atoms with Gasteiger partial charge in [-0.25, -0.2) is 0 Å². The predicted molar refractivity (Wildman–Crippen MR) is 79.2 cm³/mol. The molecule has 5 heteroatoms. The molecule has 0 radical (unpaired) electrons. The molecule has 3 nitrogen and oxygen atoms in total. The van der Waals surface area contributed by atoms with Gasteiger partial charge in [-0.05, 0) is 48.7 Å². The smallest absolute Gasteiger partial charge is 0.252 e. The first-order valence-electron chi connectivity index (χ1n) is 6.35. The number of likely N-dealkylation sites (tertiary alicyclic amines) is 1. The number of rotatable bonds is 3. The van der Waals surface area contributed by atoms with Gasteiger partial charge in [-0.15, -0.1) is 11.3 Å². The van der Waals surface area contributed by atoms with E-state index in [1.807, 2.05) is 11.4 Å². The van der Waals surface area contributed by atoms with Gasteiger partial charge in [0.05, 0.1) is 9.35 Å².